The second kappa shape index (κ2) is 6.10. The Morgan fingerprint density at radius 2 is 1.76 bits per heavy atom. The van der Waals surface area contributed by atoms with E-state index in [9.17, 15) is 0 Å². The second-order valence-corrected chi connectivity index (χ2v) is 5.34. The number of nitrogens with zero attached hydrogens (tertiary/aromatic N) is 2. The molecule has 1 N–H and O–H groups in total. The van der Waals surface area contributed by atoms with Crippen molar-refractivity contribution in [2.75, 3.05) is 13.1 Å². The minimum atomic E-state index is 0.359. The molecule has 1 heterocycles. The monoisotopic (exact) mass is 279 g/mol. The number of benzene rings is 2. The lowest BCUT2D eigenvalue weighted by molar-refractivity contribution is 0.603. The van der Waals surface area contributed by atoms with Crippen molar-refractivity contribution in [3.63, 3.8) is 0 Å². The zero-order valence-corrected chi connectivity index (χ0v) is 12.6. The first kappa shape index (κ1) is 13.8. The summed E-state index contributed by atoms with van der Waals surface area (Å²) in [6.07, 6.45) is 0. The van der Waals surface area contributed by atoms with E-state index in [4.69, 9.17) is 4.98 Å². The van der Waals surface area contributed by atoms with Crippen molar-refractivity contribution >= 4 is 11.0 Å². The Balaban J connectivity index is 2.15. The van der Waals surface area contributed by atoms with Crippen molar-refractivity contribution in [2.45, 2.75) is 19.8 Å². The molecule has 1 unspecified atom stereocenters. The first-order valence-corrected chi connectivity index (χ1v) is 7.54. The van der Waals surface area contributed by atoms with Crippen LogP contribution in [0, 0.1) is 0 Å². The maximum absolute atomic E-state index is 4.86. The fourth-order valence-corrected chi connectivity index (χ4v) is 2.68. The number of hydrogen-bond donors (Lipinski definition) is 1. The van der Waals surface area contributed by atoms with E-state index in [1.165, 1.54) is 11.2 Å². The second-order valence-electron chi connectivity index (χ2n) is 5.34. The fourth-order valence-electron chi connectivity index (χ4n) is 2.68. The lowest BCUT2D eigenvalue weighted by Crippen LogP contribution is -2.21. The van der Waals surface area contributed by atoms with Gasteiger partial charge in [-0.1, -0.05) is 44.2 Å². The van der Waals surface area contributed by atoms with Gasteiger partial charge in [-0.05, 0) is 30.8 Å². The van der Waals surface area contributed by atoms with E-state index < -0.39 is 0 Å². The van der Waals surface area contributed by atoms with E-state index in [2.05, 4.69) is 66.2 Å². The fraction of sp³-hybridized carbons (Fsp3) is 0.278. The normalized spacial score (nSPS) is 12.7. The number of hydrogen-bond acceptors (Lipinski definition) is 2. The zero-order valence-electron chi connectivity index (χ0n) is 12.6. The number of fused-ring (bicyclic) bond motifs is 1. The highest BCUT2D eigenvalue weighted by atomic mass is 15.1. The highest BCUT2D eigenvalue weighted by molar-refractivity contribution is 5.78. The van der Waals surface area contributed by atoms with Gasteiger partial charge in [0, 0.05) is 18.2 Å². The first-order valence-electron chi connectivity index (χ1n) is 7.54. The van der Waals surface area contributed by atoms with E-state index in [0.717, 1.165) is 24.4 Å². The molecule has 1 aromatic heterocycles. The molecule has 0 amide bonds. The number of rotatable bonds is 5. The van der Waals surface area contributed by atoms with Crippen molar-refractivity contribution < 1.29 is 0 Å². The third kappa shape index (κ3) is 2.69. The van der Waals surface area contributed by atoms with Crippen LogP contribution in [0.4, 0.5) is 0 Å². The third-order valence-corrected chi connectivity index (χ3v) is 3.74. The number of imidazole rings is 1. The molecular weight excluding hydrogens is 258 g/mol. The Morgan fingerprint density at radius 3 is 2.52 bits per heavy atom. The summed E-state index contributed by atoms with van der Waals surface area (Å²) in [6, 6.07) is 18.8. The van der Waals surface area contributed by atoms with Crippen molar-refractivity contribution in [1.82, 2.24) is 14.9 Å². The highest BCUT2D eigenvalue weighted by Gasteiger charge is 2.17. The van der Waals surface area contributed by atoms with Crippen molar-refractivity contribution in [2.24, 2.45) is 0 Å². The Labute approximate surface area is 125 Å². The molecule has 0 aliphatic heterocycles. The summed E-state index contributed by atoms with van der Waals surface area (Å²) in [7, 11) is 0. The van der Waals surface area contributed by atoms with Gasteiger partial charge < -0.3 is 5.32 Å². The highest BCUT2D eigenvalue weighted by Crippen LogP contribution is 2.25. The van der Waals surface area contributed by atoms with E-state index in [-0.39, 0.29) is 0 Å². The lowest BCUT2D eigenvalue weighted by atomic mass is 10.1. The quantitative estimate of drug-likeness (QED) is 0.771. The van der Waals surface area contributed by atoms with Crippen molar-refractivity contribution in [3.8, 4) is 5.69 Å². The zero-order chi connectivity index (χ0) is 14.7. The SMILES string of the molecule is CCNCC(C)c1nc2ccccc2n1-c1ccccc1. The summed E-state index contributed by atoms with van der Waals surface area (Å²) in [5.74, 6) is 1.47. The van der Waals surface area contributed by atoms with Crippen LogP contribution < -0.4 is 5.32 Å². The Hall–Kier alpha value is -2.13. The topological polar surface area (TPSA) is 29.9 Å². The van der Waals surface area contributed by atoms with Crippen LogP contribution in [-0.2, 0) is 0 Å². The molecule has 0 saturated heterocycles. The van der Waals surface area contributed by atoms with Gasteiger partial charge in [-0.25, -0.2) is 4.98 Å². The largest absolute Gasteiger partial charge is 0.316 e. The predicted octanol–water partition coefficient (Wildman–Crippen LogP) is 3.74. The van der Waals surface area contributed by atoms with E-state index >= 15 is 0 Å². The van der Waals surface area contributed by atoms with E-state index in [1.807, 2.05) is 12.1 Å². The van der Waals surface area contributed by atoms with Crippen LogP contribution in [0.3, 0.4) is 0 Å². The van der Waals surface area contributed by atoms with Gasteiger partial charge in [-0.15, -0.1) is 0 Å². The molecule has 0 spiro atoms. The number of likely N-dealkylation sites (N-methyl/N-ethyl adjacent to an activating group) is 1. The summed E-state index contributed by atoms with van der Waals surface area (Å²) in [4.78, 5) is 4.86. The number of aromatic nitrogens is 2. The Bertz CT molecular complexity index is 716. The number of para-hydroxylation sites is 3. The van der Waals surface area contributed by atoms with Gasteiger partial charge in [0.05, 0.1) is 11.0 Å². The molecule has 0 bridgehead atoms. The average molecular weight is 279 g/mol. The molecule has 108 valence electrons. The van der Waals surface area contributed by atoms with Gasteiger partial charge in [0.15, 0.2) is 0 Å². The molecular formula is C18H21N3. The maximum Gasteiger partial charge on any atom is 0.118 e. The molecule has 2 aromatic carbocycles. The average Bonchev–Trinajstić information content (AvgIpc) is 2.93. The smallest absolute Gasteiger partial charge is 0.118 e. The molecule has 3 aromatic rings. The minimum Gasteiger partial charge on any atom is -0.316 e. The van der Waals surface area contributed by atoms with Crippen LogP contribution in [0.5, 0.6) is 0 Å². The Morgan fingerprint density at radius 1 is 1.05 bits per heavy atom. The standard InChI is InChI=1S/C18H21N3/c1-3-19-13-14(2)18-20-16-11-7-8-12-17(16)21(18)15-9-5-4-6-10-15/h4-12,14,19H,3,13H2,1-2H3. The van der Waals surface area contributed by atoms with E-state index in [0.29, 0.717) is 5.92 Å². The van der Waals surface area contributed by atoms with Crippen LogP contribution >= 0.6 is 0 Å². The van der Waals surface area contributed by atoms with E-state index in [1.54, 1.807) is 0 Å². The molecule has 21 heavy (non-hydrogen) atoms. The summed E-state index contributed by atoms with van der Waals surface area (Å²) in [6.45, 7) is 6.28. The summed E-state index contributed by atoms with van der Waals surface area (Å²) >= 11 is 0. The van der Waals surface area contributed by atoms with Gasteiger partial charge in [0.25, 0.3) is 0 Å². The minimum absolute atomic E-state index is 0.359. The first-order chi connectivity index (χ1) is 10.3. The van der Waals surface area contributed by atoms with Crippen LogP contribution in [0.15, 0.2) is 54.6 Å². The molecule has 0 fully saturated rings. The van der Waals surface area contributed by atoms with Crippen LogP contribution in [0.2, 0.25) is 0 Å². The van der Waals surface area contributed by atoms with Crippen LogP contribution in [-0.4, -0.2) is 22.6 Å². The predicted molar refractivity (Wildman–Crippen MR) is 88.0 cm³/mol. The molecule has 0 radical (unpaired) electrons. The van der Waals surface area contributed by atoms with Gasteiger partial charge in [0.2, 0.25) is 0 Å². The van der Waals surface area contributed by atoms with Gasteiger partial charge >= 0.3 is 0 Å². The molecule has 3 rings (SSSR count). The molecule has 0 aliphatic rings. The summed E-state index contributed by atoms with van der Waals surface area (Å²) < 4.78 is 2.28. The maximum atomic E-state index is 4.86. The Kier molecular flexibility index (Phi) is 4.02. The van der Waals surface area contributed by atoms with Crippen molar-refractivity contribution in [3.05, 3.63) is 60.4 Å². The third-order valence-electron chi connectivity index (χ3n) is 3.74. The molecule has 1 atom stereocenters. The molecule has 3 nitrogen and oxygen atoms in total. The molecule has 3 heteroatoms. The lowest BCUT2D eigenvalue weighted by Gasteiger charge is -2.15. The van der Waals surface area contributed by atoms with Crippen LogP contribution in [0.25, 0.3) is 16.7 Å². The number of nitrogens with one attached hydrogen (secondary N) is 1. The van der Waals surface area contributed by atoms with Crippen molar-refractivity contribution in [1.29, 1.82) is 0 Å². The summed E-state index contributed by atoms with van der Waals surface area (Å²) in [5.41, 5.74) is 3.39. The van der Waals surface area contributed by atoms with Gasteiger partial charge in [-0.3, -0.25) is 4.57 Å². The van der Waals surface area contributed by atoms with Crippen LogP contribution in [0.1, 0.15) is 25.6 Å². The summed E-state index contributed by atoms with van der Waals surface area (Å²) in [5, 5.41) is 3.42. The molecule has 0 aliphatic carbocycles. The molecule has 0 saturated carbocycles. The van der Waals surface area contributed by atoms with Gasteiger partial charge in [-0.2, -0.15) is 0 Å². The van der Waals surface area contributed by atoms with Gasteiger partial charge in [0.1, 0.15) is 5.82 Å².